The molecule has 88 valence electrons. The van der Waals surface area contributed by atoms with Gasteiger partial charge >= 0.3 is 0 Å². The van der Waals surface area contributed by atoms with Crippen LogP contribution in [0.3, 0.4) is 0 Å². The Hall–Kier alpha value is 0.460. The fourth-order valence-corrected chi connectivity index (χ4v) is 1.96. The van der Waals surface area contributed by atoms with Gasteiger partial charge in [0, 0.05) is 12.6 Å². The third-order valence-corrected chi connectivity index (χ3v) is 2.84. The van der Waals surface area contributed by atoms with E-state index in [0.717, 1.165) is 12.8 Å². The van der Waals surface area contributed by atoms with Crippen LogP contribution in [0, 0.1) is 5.92 Å². The van der Waals surface area contributed by atoms with Crippen molar-refractivity contribution in [3.63, 3.8) is 0 Å². The van der Waals surface area contributed by atoms with Gasteiger partial charge in [0.2, 0.25) is 0 Å². The highest BCUT2D eigenvalue weighted by atomic mass is 35.5. The lowest BCUT2D eigenvalue weighted by atomic mass is 9.83. The highest BCUT2D eigenvalue weighted by molar-refractivity contribution is 5.85. The number of halogens is 2. The molecule has 0 aromatic heterocycles. The Morgan fingerprint density at radius 1 is 1.14 bits per heavy atom. The average molecular weight is 245 g/mol. The van der Waals surface area contributed by atoms with Crippen LogP contribution in [0.2, 0.25) is 0 Å². The minimum Gasteiger partial charge on any atom is -0.391 e. The zero-order valence-electron chi connectivity index (χ0n) is 8.39. The molecule has 1 saturated carbocycles. The molecule has 0 saturated heterocycles. The summed E-state index contributed by atoms with van der Waals surface area (Å²) in [5, 5.41) is 9.74. The van der Waals surface area contributed by atoms with Gasteiger partial charge < -0.3 is 16.6 Å². The standard InChI is InChI=1S/C9H20N2O.2ClH/c10-6-8(11)9(12)7-4-2-1-3-5-7;;/h7-9,12H,1-6,10-11H2;2*1H. The van der Waals surface area contributed by atoms with Crippen molar-refractivity contribution in [3.8, 4) is 0 Å². The molecule has 1 aliphatic carbocycles. The molecule has 2 unspecified atom stereocenters. The summed E-state index contributed by atoms with van der Waals surface area (Å²) in [5.41, 5.74) is 11.1. The van der Waals surface area contributed by atoms with Crippen LogP contribution < -0.4 is 11.5 Å². The maximum absolute atomic E-state index is 9.74. The van der Waals surface area contributed by atoms with Crippen molar-refractivity contribution < 1.29 is 5.11 Å². The molecule has 0 spiro atoms. The Labute approximate surface area is 98.4 Å². The number of hydrogen-bond acceptors (Lipinski definition) is 3. The molecule has 14 heavy (non-hydrogen) atoms. The van der Waals surface area contributed by atoms with Crippen LogP contribution in [0.25, 0.3) is 0 Å². The molecule has 0 amide bonds. The maximum Gasteiger partial charge on any atom is 0.0731 e. The number of nitrogens with two attached hydrogens (primary N) is 2. The van der Waals surface area contributed by atoms with Gasteiger partial charge in [-0.3, -0.25) is 0 Å². The molecule has 3 nitrogen and oxygen atoms in total. The van der Waals surface area contributed by atoms with Gasteiger partial charge in [0.15, 0.2) is 0 Å². The summed E-state index contributed by atoms with van der Waals surface area (Å²) in [7, 11) is 0. The first-order chi connectivity index (χ1) is 5.75. The lowest BCUT2D eigenvalue weighted by molar-refractivity contribution is 0.0643. The molecule has 0 bridgehead atoms. The summed E-state index contributed by atoms with van der Waals surface area (Å²) >= 11 is 0. The Morgan fingerprint density at radius 3 is 2.07 bits per heavy atom. The molecule has 1 fully saturated rings. The number of aliphatic hydroxyl groups is 1. The summed E-state index contributed by atoms with van der Waals surface area (Å²) in [4.78, 5) is 0. The molecular weight excluding hydrogens is 223 g/mol. The Kier molecular flexibility index (Phi) is 10.5. The van der Waals surface area contributed by atoms with Gasteiger partial charge in [0.05, 0.1) is 6.10 Å². The van der Waals surface area contributed by atoms with Crippen LogP contribution in [-0.2, 0) is 0 Å². The smallest absolute Gasteiger partial charge is 0.0731 e. The molecule has 0 aromatic carbocycles. The van der Waals surface area contributed by atoms with Crippen LogP contribution >= 0.6 is 24.8 Å². The molecule has 5 N–H and O–H groups in total. The second-order valence-electron chi connectivity index (χ2n) is 3.79. The van der Waals surface area contributed by atoms with Gasteiger partial charge in [0.1, 0.15) is 0 Å². The summed E-state index contributed by atoms with van der Waals surface area (Å²) in [6.45, 7) is 0.387. The highest BCUT2D eigenvalue weighted by Gasteiger charge is 2.25. The molecule has 1 rings (SSSR count). The molecule has 0 heterocycles. The molecular formula is C9H22Cl2N2O. The quantitative estimate of drug-likeness (QED) is 0.696. The summed E-state index contributed by atoms with van der Waals surface area (Å²) < 4.78 is 0. The Balaban J connectivity index is 0. The minimum atomic E-state index is -0.379. The van der Waals surface area contributed by atoms with E-state index < -0.39 is 0 Å². The second-order valence-corrected chi connectivity index (χ2v) is 3.79. The topological polar surface area (TPSA) is 72.3 Å². The molecule has 0 radical (unpaired) electrons. The van der Waals surface area contributed by atoms with E-state index in [9.17, 15) is 5.11 Å². The van der Waals surface area contributed by atoms with Crippen molar-refractivity contribution in [3.05, 3.63) is 0 Å². The van der Waals surface area contributed by atoms with Crippen LogP contribution in [0.1, 0.15) is 32.1 Å². The summed E-state index contributed by atoms with van der Waals surface area (Å²) in [6.07, 6.45) is 5.64. The fraction of sp³-hybridized carbons (Fsp3) is 1.00. The van der Waals surface area contributed by atoms with E-state index in [1.807, 2.05) is 0 Å². The predicted molar refractivity (Wildman–Crippen MR) is 64.1 cm³/mol. The average Bonchev–Trinajstić information content (AvgIpc) is 2.17. The van der Waals surface area contributed by atoms with Gasteiger partial charge in [-0.1, -0.05) is 19.3 Å². The maximum atomic E-state index is 9.74. The highest BCUT2D eigenvalue weighted by Crippen LogP contribution is 2.27. The van der Waals surface area contributed by atoms with Crippen LogP contribution in [-0.4, -0.2) is 23.8 Å². The van der Waals surface area contributed by atoms with Crippen molar-refractivity contribution in [1.82, 2.24) is 0 Å². The van der Waals surface area contributed by atoms with Crippen LogP contribution in [0.5, 0.6) is 0 Å². The van der Waals surface area contributed by atoms with E-state index in [4.69, 9.17) is 11.5 Å². The minimum absolute atomic E-state index is 0. The van der Waals surface area contributed by atoms with Crippen LogP contribution in [0.4, 0.5) is 0 Å². The predicted octanol–water partition coefficient (Wildman–Crippen LogP) is 1.06. The SMILES string of the molecule is Cl.Cl.NCC(N)C(O)C1CCCCC1. The number of hydrogen-bond donors (Lipinski definition) is 3. The van der Waals surface area contributed by atoms with E-state index in [0.29, 0.717) is 12.5 Å². The van der Waals surface area contributed by atoms with E-state index >= 15 is 0 Å². The van der Waals surface area contributed by atoms with E-state index in [1.165, 1.54) is 19.3 Å². The van der Waals surface area contributed by atoms with Crippen molar-refractivity contribution in [2.24, 2.45) is 17.4 Å². The van der Waals surface area contributed by atoms with Crippen molar-refractivity contribution in [2.45, 2.75) is 44.2 Å². The molecule has 0 aromatic rings. The molecule has 2 atom stereocenters. The Morgan fingerprint density at radius 2 is 1.64 bits per heavy atom. The van der Waals surface area contributed by atoms with Crippen molar-refractivity contribution in [1.29, 1.82) is 0 Å². The van der Waals surface area contributed by atoms with E-state index in [1.54, 1.807) is 0 Å². The third-order valence-electron chi connectivity index (χ3n) is 2.84. The Bertz CT molecular complexity index is 132. The first kappa shape index (κ1) is 16.9. The lowest BCUT2D eigenvalue weighted by Gasteiger charge is -2.29. The molecule has 0 aliphatic heterocycles. The largest absolute Gasteiger partial charge is 0.391 e. The number of aliphatic hydroxyl groups excluding tert-OH is 1. The van der Waals surface area contributed by atoms with Gasteiger partial charge in [-0.15, -0.1) is 24.8 Å². The van der Waals surface area contributed by atoms with Gasteiger partial charge in [-0.2, -0.15) is 0 Å². The first-order valence-corrected chi connectivity index (χ1v) is 4.89. The zero-order valence-corrected chi connectivity index (χ0v) is 10.0. The third kappa shape index (κ3) is 4.80. The first-order valence-electron chi connectivity index (χ1n) is 4.89. The summed E-state index contributed by atoms with van der Waals surface area (Å²) in [6, 6.07) is -0.229. The number of rotatable bonds is 3. The van der Waals surface area contributed by atoms with Gasteiger partial charge in [0.25, 0.3) is 0 Å². The normalized spacial score (nSPS) is 21.6. The van der Waals surface area contributed by atoms with E-state index in [2.05, 4.69) is 0 Å². The fourth-order valence-electron chi connectivity index (χ4n) is 1.96. The molecule has 1 aliphatic rings. The van der Waals surface area contributed by atoms with Crippen LogP contribution in [0.15, 0.2) is 0 Å². The summed E-state index contributed by atoms with van der Waals surface area (Å²) in [5.74, 6) is 0.400. The van der Waals surface area contributed by atoms with Gasteiger partial charge in [-0.05, 0) is 18.8 Å². The lowest BCUT2D eigenvalue weighted by Crippen LogP contribution is -2.45. The zero-order chi connectivity index (χ0) is 8.97. The molecule has 5 heteroatoms. The second kappa shape index (κ2) is 8.74. The van der Waals surface area contributed by atoms with Gasteiger partial charge in [-0.25, -0.2) is 0 Å². The van der Waals surface area contributed by atoms with E-state index in [-0.39, 0.29) is 37.0 Å². The monoisotopic (exact) mass is 244 g/mol. The van der Waals surface area contributed by atoms with Crippen molar-refractivity contribution >= 4 is 24.8 Å². The van der Waals surface area contributed by atoms with Crippen molar-refractivity contribution in [2.75, 3.05) is 6.54 Å².